The highest BCUT2D eigenvalue weighted by molar-refractivity contribution is 5.42. The first-order chi connectivity index (χ1) is 6.81. The maximum Gasteiger partial charge on any atom is 0.161 e. The zero-order valence-electron chi connectivity index (χ0n) is 8.88. The number of hydrogen-bond acceptors (Lipinski definition) is 2. The summed E-state index contributed by atoms with van der Waals surface area (Å²) in [5, 5.41) is 0. The van der Waals surface area contributed by atoms with Crippen molar-refractivity contribution in [2.45, 2.75) is 19.8 Å². The van der Waals surface area contributed by atoms with E-state index in [-0.39, 0.29) is 0 Å². The van der Waals surface area contributed by atoms with Gasteiger partial charge in [0.15, 0.2) is 11.5 Å². The number of hydrogen-bond donors (Lipinski definition) is 0. The van der Waals surface area contributed by atoms with Crippen LogP contribution in [0.25, 0.3) is 0 Å². The fourth-order valence-electron chi connectivity index (χ4n) is 1.35. The minimum atomic E-state index is 0.658. The van der Waals surface area contributed by atoms with Crippen molar-refractivity contribution < 1.29 is 9.47 Å². The minimum Gasteiger partial charge on any atom is -0.493 e. The lowest BCUT2D eigenvalue weighted by atomic mass is 10.1. The van der Waals surface area contributed by atoms with E-state index in [1.807, 2.05) is 19.1 Å². The molecule has 0 saturated carbocycles. The number of aryl methyl sites for hydroxylation is 1. The van der Waals surface area contributed by atoms with Crippen molar-refractivity contribution in [3.05, 3.63) is 30.7 Å². The highest BCUT2D eigenvalue weighted by atomic mass is 16.5. The van der Waals surface area contributed by atoms with E-state index in [1.165, 1.54) is 5.56 Å². The van der Waals surface area contributed by atoms with Crippen LogP contribution in [0.5, 0.6) is 11.5 Å². The lowest BCUT2D eigenvalue weighted by Crippen LogP contribution is -1.96. The molecule has 0 spiro atoms. The zero-order chi connectivity index (χ0) is 10.4. The van der Waals surface area contributed by atoms with Gasteiger partial charge in [-0.05, 0) is 37.5 Å². The molecule has 0 fully saturated rings. The Morgan fingerprint density at radius 1 is 1.29 bits per heavy atom. The molecule has 1 aromatic carbocycles. The molecule has 1 radical (unpaired) electrons. The van der Waals surface area contributed by atoms with Crippen LogP contribution in [0, 0.1) is 6.92 Å². The van der Waals surface area contributed by atoms with Crippen LogP contribution in [0.1, 0.15) is 18.9 Å². The van der Waals surface area contributed by atoms with Gasteiger partial charge in [0, 0.05) is 0 Å². The molecular weight excluding hydrogens is 176 g/mol. The van der Waals surface area contributed by atoms with Crippen molar-refractivity contribution in [1.29, 1.82) is 0 Å². The third-order valence-corrected chi connectivity index (χ3v) is 1.99. The second-order valence-corrected chi connectivity index (χ2v) is 3.02. The third-order valence-electron chi connectivity index (χ3n) is 1.99. The molecule has 0 aliphatic rings. The van der Waals surface area contributed by atoms with Gasteiger partial charge in [-0.2, -0.15) is 0 Å². The van der Waals surface area contributed by atoms with Gasteiger partial charge in [0.25, 0.3) is 0 Å². The van der Waals surface area contributed by atoms with Crippen LogP contribution in [0.15, 0.2) is 18.2 Å². The van der Waals surface area contributed by atoms with Gasteiger partial charge in [0.05, 0.1) is 13.7 Å². The number of ether oxygens (including phenoxy) is 2. The fraction of sp³-hybridized carbons (Fsp3) is 0.417. The molecule has 2 heteroatoms. The van der Waals surface area contributed by atoms with Gasteiger partial charge in [-0.3, -0.25) is 0 Å². The van der Waals surface area contributed by atoms with Crippen molar-refractivity contribution in [1.82, 2.24) is 0 Å². The average molecular weight is 193 g/mol. The summed E-state index contributed by atoms with van der Waals surface area (Å²) in [5.74, 6) is 1.61. The Labute approximate surface area is 85.8 Å². The molecule has 0 aliphatic heterocycles. The summed E-state index contributed by atoms with van der Waals surface area (Å²) in [7, 11) is 1.66. The largest absolute Gasteiger partial charge is 0.493 e. The minimum absolute atomic E-state index is 0.658. The van der Waals surface area contributed by atoms with Crippen LogP contribution in [0.2, 0.25) is 0 Å². The second kappa shape index (κ2) is 5.53. The summed E-state index contributed by atoms with van der Waals surface area (Å²) in [4.78, 5) is 0. The first-order valence-corrected chi connectivity index (χ1v) is 4.90. The van der Waals surface area contributed by atoms with E-state index in [0.29, 0.717) is 6.61 Å². The number of benzene rings is 1. The summed E-state index contributed by atoms with van der Waals surface area (Å²) in [6, 6.07) is 6.02. The van der Waals surface area contributed by atoms with Crippen LogP contribution in [-0.2, 0) is 6.42 Å². The van der Waals surface area contributed by atoms with E-state index in [1.54, 1.807) is 7.11 Å². The van der Waals surface area contributed by atoms with Crippen molar-refractivity contribution in [3.8, 4) is 11.5 Å². The topological polar surface area (TPSA) is 18.5 Å². The molecule has 1 rings (SSSR count). The second-order valence-electron chi connectivity index (χ2n) is 3.02. The lowest BCUT2D eigenvalue weighted by molar-refractivity contribution is 0.310. The normalized spacial score (nSPS) is 9.93. The van der Waals surface area contributed by atoms with E-state index in [4.69, 9.17) is 9.47 Å². The molecule has 0 heterocycles. The average Bonchev–Trinajstić information content (AvgIpc) is 2.21. The molecule has 0 bridgehead atoms. The molecule has 0 aromatic heterocycles. The first kappa shape index (κ1) is 10.9. The molecule has 0 unspecified atom stereocenters. The molecule has 0 N–H and O–H groups in total. The highest BCUT2D eigenvalue weighted by Crippen LogP contribution is 2.28. The number of methoxy groups -OCH3 is 1. The Morgan fingerprint density at radius 3 is 2.64 bits per heavy atom. The smallest absolute Gasteiger partial charge is 0.161 e. The Hall–Kier alpha value is -1.18. The fourth-order valence-corrected chi connectivity index (χ4v) is 1.35. The number of rotatable bonds is 5. The summed E-state index contributed by atoms with van der Waals surface area (Å²) < 4.78 is 10.7. The quantitative estimate of drug-likeness (QED) is 0.716. The van der Waals surface area contributed by atoms with Crippen LogP contribution in [-0.4, -0.2) is 13.7 Å². The van der Waals surface area contributed by atoms with Crippen molar-refractivity contribution in [2.75, 3.05) is 13.7 Å². The van der Waals surface area contributed by atoms with Gasteiger partial charge >= 0.3 is 0 Å². The Kier molecular flexibility index (Phi) is 4.30. The molecule has 0 atom stereocenters. The highest BCUT2D eigenvalue weighted by Gasteiger charge is 2.04. The van der Waals surface area contributed by atoms with Crippen LogP contribution in [0.3, 0.4) is 0 Å². The summed E-state index contributed by atoms with van der Waals surface area (Å²) in [6.45, 7) is 6.44. The van der Waals surface area contributed by atoms with E-state index in [9.17, 15) is 0 Å². The zero-order valence-corrected chi connectivity index (χ0v) is 8.88. The van der Waals surface area contributed by atoms with Crippen molar-refractivity contribution >= 4 is 0 Å². The van der Waals surface area contributed by atoms with Gasteiger partial charge in [0.2, 0.25) is 0 Å². The van der Waals surface area contributed by atoms with E-state index in [0.717, 1.165) is 24.3 Å². The Bertz CT molecular complexity index is 282. The lowest BCUT2D eigenvalue weighted by Gasteiger charge is -2.10. The molecular formula is C12H17O2. The summed E-state index contributed by atoms with van der Waals surface area (Å²) in [5.41, 5.74) is 1.24. The van der Waals surface area contributed by atoms with Gasteiger partial charge in [-0.15, -0.1) is 0 Å². The standard InChI is InChI=1S/C12H17O2/c1-4-6-10-7-8-11(14-5-2)12(9-10)13-3/h7-9H,1,4-6H2,2-3H3. The summed E-state index contributed by atoms with van der Waals surface area (Å²) in [6.07, 6.45) is 1.87. The Balaban J connectivity index is 2.87. The van der Waals surface area contributed by atoms with Crippen molar-refractivity contribution in [2.24, 2.45) is 0 Å². The van der Waals surface area contributed by atoms with Crippen LogP contribution < -0.4 is 9.47 Å². The maximum absolute atomic E-state index is 5.42. The third kappa shape index (κ3) is 2.66. The van der Waals surface area contributed by atoms with E-state index < -0.39 is 0 Å². The molecule has 77 valence electrons. The molecule has 0 saturated heterocycles. The van der Waals surface area contributed by atoms with Crippen LogP contribution >= 0.6 is 0 Å². The molecule has 2 nitrogen and oxygen atoms in total. The molecule has 0 aliphatic carbocycles. The van der Waals surface area contributed by atoms with Gasteiger partial charge in [0.1, 0.15) is 0 Å². The summed E-state index contributed by atoms with van der Waals surface area (Å²) >= 11 is 0. The van der Waals surface area contributed by atoms with E-state index >= 15 is 0 Å². The van der Waals surface area contributed by atoms with Gasteiger partial charge in [-0.25, -0.2) is 0 Å². The van der Waals surface area contributed by atoms with Crippen molar-refractivity contribution in [3.63, 3.8) is 0 Å². The molecule has 1 aromatic rings. The predicted octanol–water partition coefficient (Wildman–Crippen LogP) is 2.86. The van der Waals surface area contributed by atoms with Gasteiger partial charge < -0.3 is 9.47 Å². The van der Waals surface area contributed by atoms with Gasteiger partial charge in [-0.1, -0.05) is 13.0 Å². The predicted molar refractivity (Wildman–Crippen MR) is 57.8 cm³/mol. The Morgan fingerprint density at radius 2 is 2.07 bits per heavy atom. The molecule has 14 heavy (non-hydrogen) atoms. The van der Waals surface area contributed by atoms with E-state index in [2.05, 4.69) is 13.0 Å². The SMILES string of the molecule is [CH2]CCc1ccc(OCC)c(OC)c1. The molecule has 0 amide bonds. The monoisotopic (exact) mass is 193 g/mol. The van der Waals surface area contributed by atoms with Crippen LogP contribution in [0.4, 0.5) is 0 Å². The first-order valence-electron chi connectivity index (χ1n) is 4.90. The maximum atomic E-state index is 5.42.